The van der Waals surface area contributed by atoms with Crippen LogP contribution in [0.25, 0.3) is 0 Å². The number of amides is 1. The Labute approximate surface area is 101 Å². The van der Waals surface area contributed by atoms with Crippen LogP contribution in [-0.4, -0.2) is 35.1 Å². The number of fused-ring (bicyclic) bond motifs is 1. The first-order chi connectivity index (χ1) is 7.54. The summed E-state index contributed by atoms with van der Waals surface area (Å²) in [6.07, 6.45) is 1.18. The summed E-state index contributed by atoms with van der Waals surface area (Å²) in [5, 5.41) is 6.53. The highest BCUT2D eigenvalue weighted by Crippen LogP contribution is 2.31. The standard InChI is InChI=1S/C9H12BrN3O3/c1-9(16-8(14)11-2)4-13-7(15-5-9)6(10)3-12-13/h3H,4-5H2,1-2H3,(H,11,14). The second-order valence-electron chi connectivity index (χ2n) is 3.83. The van der Waals surface area contributed by atoms with E-state index in [0.29, 0.717) is 19.0 Å². The topological polar surface area (TPSA) is 65.4 Å². The van der Waals surface area contributed by atoms with Crippen LogP contribution in [0.3, 0.4) is 0 Å². The summed E-state index contributed by atoms with van der Waals surface area (Å²) in [4.78, 5) is 11.2. The lowest BCUT2D eigenvalue weighted by molar-refractivity contribution is -0.0435. The molecule has 2 rings (SSSR count). The van der Waals surface area contributed by atoms with E-state index in [2.05, 4.69) is 26.3 Å². The van der Waals surface area contributed by atoms with Gasteiger partial charge in [-0.1, -0.05) is 0 Å². The van der Waals surface area contributed by atoms with Crippen LogP contribution >= 0.6 is 15.9 Å². The van der Waals surface area contributed by atoms with Gasteiger partial charge in [-0.3, -0.25) is 0 Å². The third-order valence-electron chi connectivity index (χ3n) is 2.29. The number of carbonyl (C=O) groups excluding carboxylic acids is 1. The van der Waals surface area contributed by atoms with Crippen molar-refractivity contribution in [1.82, 2.24) is 15.1 Å². The zero-order valence-corrected chi connectivity index (χ0v) is 10.6. The van der Waals surface area contributed by atoms with Gasteiger partial charge in [-0.05, 0) is 22.9 Å². The summed E-state index contributed by atoms with van der Waals surface area (Å²) in [5.41, 5.74) is -0.696. The number of ether oxygens (including phenoxy) is 2. The number of nitrogens with zero attached hydrogens (tertiary/aromatic N) is 2. The quantitative estimate of drug-likeness (QED) is 0.842. The van der Waals surface area contributed by atoms with Crippen LogP contribution in [0, 0.1) is 0 Å². The summed E-state index contributed by atoms with van der Waals surface area (Å²) < 4.78 is 13.2. The van der Waals surface area contributed by atoms with E-state index in [-0.39, 0.29) is 0 Å². The molecular formula is C9H12BrN3O3. The molecule has 1 aliphatic rings. The monoisotopic (exact) mass is 289 g/mol. The minimum absolute atomic E-state index is 0.310. The number of alkyl carbamates (subject to hydrolysis) is 1. The molecule has 88 valence electrons. The van der Waals surface area contributed by atoms with E-state index in [1.54, 1.807) is 17.8 Å². The van der Waals surface area contributed by atoms with E-state index < -0.39 is 11.7 Å². The molecule has 0 aromatic carbocycles. The molecule has 1 N–H and O–H groups in total. The zero-order valence-electron chi connectivity index (χ0n) is 8.99. The molecule has 0 radical (unpaired) electrons. The molecule has 6 nitrogen and oxygen atoms in total. The van der Waals surface area contributed by atoms with Gasteiger partial charge in [0, 0.05) is 7.05 Å². The van der Waals surface area contributed by atoms with Crippen LogP contribution in [-0.2, 0) is 11.3 Å². The number of hydrogen-bond donors (Lipinski definition) is 1. The van der Waals surface area contributed by atoms with Crippen molar-refractivity contribution in [3.8, 4) is 5.88 Å². The van der Waals surface area contributed by atoms with Gasteiger partial charge >= 0.3 is 6.09 Å². The maximum Gasteiger partial charge on any atom is 0.407 e. The van der Waals surface area contributed by atoms with Crippen LogP contribution < -0.4 is 10.1 Å². The SMILES string of the molecule is CNC(=O)OC1(C)COc2c(Br)cnn2C1. The van der Waals surface area contributed by atoms with Crippen molar-refractivity contribution < 1.29 is 14.3 Å². The second-order valence-corrected chi connectivity index (χ2v) is 4.69. The van der Waals surface area contributed by atoms with Gasteiger partial charge in [0.2, 0.25) is 5.88 Å². The van der Waals surface area contributed by atoms with Crippen molar-refractivity contribution in [3.05, 3.63) is 10.7 Å². The highest BCUT2D eigenvalue weighted by molar-refractivity contribution is 9.10. The van der Waals surface area contributed by atoms with Crippen molar-refractivity contribution in [3.63, 3.8) is 0 Å². The molecule has 0 spiro atoms. The molecule has 0 aliphatic carbocycles. The van der Waals surface area contributed by atoms with Gasteiger partial charge in [0.25, 0.3) is 0 Å². The fourth-order valence-corrected chi connectivity index (χ4v) is 1.94. The van der Waals surface area contributed by atoms with Crippen LogP contribution in [0.4, 0.5) is 4.79 Å². The summed E-state index contributed by atoms with van der Waals surface area (Å²) in [7, 11) is 1.52. The first-order valence-electron chi connectivity index (χ1n) is 4.79. The lowest BCUT2D eigenvalue weighted by Crippen LogP contribution is -2.47. The first-order valence-corrected chi connectivity index (χ1v) is 5.58. The third kappa shape index (κ3) is 1.99. The molecule has 16 heavy (non-hydrogen) atoms. The number of hydrogen-bond acceptors (Lipinski definition) is 4. The minimum atomic E-state index is -0.696. The predicted molar refractivity (Wildman–Crippen MR) is 59.4 cm³/mol. The van der Waals surface area contributed by atoms with Crippen LogP contribution in [0.5, 0.6) is 5.88 Å². The minimum Gasteiger partial charge on any atom is -0.473 e. The lowest BCUT2D eigenvalue weighted by atomic mass is 10.1. The van der Waals surface area contributed by atoms with Gasteiger partial charge in [-0.15, -0.1) is 0 Å². The second kappa shape index (κ2) is 3.97. The molecule has 1 aromatic heterocycles. The third-order valence-corrected chi connectivity index (χ3v) is 2.83. The van der Waals surface area contributed by atoms with Crippen molar-refractivity contribution in [2.75, 3.05) is 13.7 Å². The Morgan fingerprint density at radius 3 is 3.25 bits per heavy atom. The molecule has 2 heterocycles. The van der Waals surface area contributed by atoms with Gasteiger partial charge in [-0.2, -0.15) is 5.10 Å². The Bertz CT molecular complexity index is 420. The van der Waals surface area contributed by atoms with Gasteiger partial charge in [-0.25, -0.2) is 9.48 Å². The Kier molecular flexibility index (Phi) is 2.79. The van der Waals surface area contributed by atoms with Gasteiger partial charge < -0.3 is 14.8 Å². The number of aromatic nitrogens is 2. The molecule has 1 unspecified atom stereocenters. The highest BCUT2D eigenvalue weighted by atomic mass is 79.9. The Morgan fingerprint density at radius 2 is 2.56 bits per heavy atom. The first kappa shape index (κ1) is 11.3. The van der Waals surface area contributed by atoms with Gasteiger partial charge in [0.15, 0.2) is 5.60 Å². The largest absolute Gasteiger partial charge is 0.473 e. The Balaban J connectivity index is 2.15. The predicted octanol–water partition coefficient (Wildman–Crippen LogP) is 1.15. The molecule has 0 saturated heterocycles. The number of nitrogens with one attached hydrogen (secondary N) is 1. The Hall–Kier alpha value is -1.24. The van der Waals surface area contributed by atoms with Gasteiger partial charge in [0.05, 0.1) is 17.2 Å². The fourth-order valence-electron chi connectivity index (χ4n) is 1.53. The van der Waals surface area contributed by atoms with Crippen LogP contribution in [0.15, 0.2) is 10.7 Å². The molecular weight excluding hydrogens is 278 g/mol. The van der Waals surface area contributed by atoms with E-state index >= 15 is 0 Å². The number of rotatable bonds is 1. The molecule has 0 saturated carbocycles. The van der Waals surface area contributed by atoms with Crippen LogP contribution in [0.1, 0.15) is 6.92 Å². The summed E-state index contributed by atoms with van der Waals surface area (Å²) in [5.74, 6) is 0.665. The number of halogens is 1. The molecule has 1 aliphatic heterocycles. The smallest absolute Gasteiger partial charge is 0.407 e. The summed E-state index contributed by atoms with van der Waals surface area (Å²) >= 11 is 3.33. The van der Waals surface area contributed by atoms with Crippen LogP contribution in [0.2, 0.25) is 0 Å². The van der Waals surface area contributed by atoms with E-state index in [4.69, 9.17) is 9.47 Å². The summed E-state index contributed by atoms with van der Waals surface area (Å²) in [6.45, 7) is 2.59. The van der Waals surface area contributed by atoms with Crippen molar-refractivity contribution in [2.45, 2.75) is 19.1 Å². The van der Waals surface area contributed by atoms with Crippen molar-refractivity contribution >= 4 is 22.0 Å². The molecule has 0 bridgehead atoms. The zero-order chi connectivity index (χ0) is 11.8. The lowest BCUT2D eigenvalue weighted by Gasteiger charge is -2.33. The van der Waals surface area contributed by atoms with Crippen molar-refractivity contribution in [2.24, 2.45) is 0 Å². The van der Waals surface area contributed by atoms with E-state index in [9.17, 15) is 4.79 Å². The van der Waals surface area contributed by atoms with E-state index in [0.717, 1.165) is 4.47 Å². The van der Waals surface area contributed by atoms with Crippen molar-refractivity contribution in [1.29, 1.82) is 0 Å². The van der Waals surface area contributed by atoms with E-state index in [1.807, 2.05) is 0 Å². The normalized spacial score (nSPS) is 23.2. The molecule has 1 amide bonds. The molecule has 7 heteroatoms. The summed E-state index contributed by atoms with van der Waals surface area (Å²) in [6, 6.07) is 0. The molecule has 1 aromatic rings. The maximum atomic E-state index is 11.2. The van der Waals surface area contributed by atoms with E-state index in [1.165, 1.54) is 7.05 Å². The number of carbonyl (C=O) groups is 1. The average molecular weight is 290 g/mol. The molecule has 1 atom stereocenters. The fraction of sp³-hybridized carbons (Fsp3) is 0.556. The molecule has 0 fully saturated rings. The average Bonchev–Trinajstić information content (AvgIpc) is 2.58. The maximum absolute atomic E-state index is 11.2. The van der Waals surface area contributed by atoms with Gasteiger partial charge in [0.1, 0.15) is 6.61 Å². The highest BCUT2D eigenvalue weighted by Gasteiger charge is 2.36. The Morgan fingerprint density at radius 1 is 1.81 bits per heavy atom.